The van der Waals surface area contributed by atoms with Crippen LogP contribution in [-0.2, 0) is 9.59 Å². The van der Waals surface area contributed by atoms with Crippen molar-refractivity contribution in [3.8, 4) is 0 Å². The average Bonchev–Trinajstić information content (AvgIpc) is 2.84. The first-order chi connectivity index (χ1) is 11.0. The zero-order valence-electron chi connectivity index (χ0n) is 11.8. The second-order valence-corrected chi connectivity index (χ2v) is 7.21. The molecule has 9 heteroatoms. The van der Waals surface area contributed by atoms with Crippen molar-refractivity contribution in [3.05, 3.63) is 29.6 Å². The molecule has 6 nitrogen and oxygen atoms in total. The topological polar surface area (TPSA) is 91.1 Å². The fourth-order valence-corrected chi connectivity index (χ4v) is 4.12. The van der Waals surface area contributed by atoms with Gasteiger partial charge in [0.25, 0.3) is 0 Å². The van der Waals surface area contributed by atoms with Crippen LogP contribution in [0, 0.1) is 5.82 Å². The highest BCUT2D eigenvalue weighted by Crippen LogP contribution is 2.31. The molecule has 23 heavy (non-hydrogen) atoms. The smallest absolute Gasteiger partial charge is 0.305 e. The third-order valence-corrected chi connectivity index (χ3v) is 5.39. The average molecular weight is 353 g/mol. The summed E-state index contributed by atoms with van der Waals surface area (Å²) in [6.45, 7) is 0. The molecule has 1 amide bonds. The molecule has 2 N–H and O–H groups in total. The predicted octanol–water partition coefficient (Wildman–Crippen LogP) is 2.09. The van der Waals surface area contributed by atoms with E-state index in [0.29, 0.717) is 17.7 Å². The quantitative estimate of drug-likeness (QED) is 0.812. The van der Waals surface area contributed by atoms with Crippen LogP contribution >= 0.6 is 23.5 Å². The van der Waals surface area contributed by atoms with Crippen molar-refractivity contribution in [1.82, 2.24) is 5.32 Å². The highest BCUT2D eigenvalue weighted by Gasteiger charge is 2.32. The molecule has 0 saturated carbocycles. The number of aliphatic carboxylic acids is 1. The Labute approximate surface area is 139 Å². The van der Waals surface area contributed by atoms with Crippen LogP contribution in [0.1, 0.15) is 18.4 Å². The van der Waals surface area contributed by atoms with Crippen LogP contribution in [0.4, 0.5) is 4.39 Å². The maximum atomic E-state index is 13.4. The highest BCUT2D eigenvalue weighted by atomic mass is 32.2. The first-order valence-electron chi connectivity index (χ1n) is 6.79. The molecule has 120 valence electrons. The van der Waals surface area contributed by atoms with Gasteiger partial charge in [0.1, 0.15) is 11.1 Å². The first kappa shape index (κ1) is 16.0. The van der Waals surface area contributed by atoms with Crippen molar-refractivity contribution in [2.24, 2.45) is 10.2 Å². The molecule has 3 rings (SSSR count). The lowest BCUT2D eigenvalue weighted by molar-refractivity contribution is -0.138. The molecule has 2 aliphatic rings. The van der Waals surface area contributed by atoms with E-state index in [9.17, 15) is 14.0 Å². The summed E-state index contributed by atoms with van der Waals surface area (Å²) in [5.41, 5.74) is 1.37. The van der Waals surface area contributed by atoms with Crippen LogP contribution in [0.15, 0.2) is 33.3 Å². The number of halogens is 1. The second kappa shape index (κ2) is 6.71. The fraction of sp³-hybridized carbons (Fsp3) is 0.286. The molecular weight excluding hydrogens is 341 g/mol. The zero-order chi connectivity index (χ0) is 16.4. The lowest BCUT2D eigenvalue weighted by atomic mass is 10.1. The molecular formula is C14H12FN3O3S2. The molecule has 0 spiro atoms. The van der Waals surface area contributed by atoms with Crippen molar-refractivity contribution in [3.63, 3.8) is 0 Å². The van der Waals surface area contributed by atoms with Crippen LogP contribution in [0.3, 0.4) is 0 Å². The van der Waals surface area contributed by atoms with Crippen LogP contribution in [0.5, 0.6) is 0 Å². The molecule has 0 aliphatic carbocycles. The SMILES string of the molecule is O=C(O)CC1SC(=NN=C2CCSc3ccc(F)cc32)NC1=O. The summed E-state index contributed by atoms with van der Waals surface area (Å²) in [6.07, 6.45) is 0.381. The summed E-state index contributed by atoms with van der Waals surface area (Å²) in [4.78, 5) is 23.3. The van der Waals surface area contributed by atoms with Gasteiger partial charge in [-0.3, -0.25) is 9.59 Å². The third-order valence-electron chi connectivity index (χ3n) is 3.25. The standard InChI is InChI=1S/C14H12FN3O3S2/c15-7-1-2-10-8(5-7)9(3-4-22-10)17-18-14-16-13(21)11(23-14)6-12(19)20/h1-2,5,11H,3-4,6H2,(H,19,20)(H,16,18,21). The van der Waals surface area contributed by atoms with Crippen molar-refractivity contribution in [2.75, 3.05) is 5.75 Å². The van der Waals surface area contributed by atoms with Crippen molar-refractivity contribution in [1.29, 1.82) is 0 Å². The van der Waals surface area contributed by atoms with Gasteiger partial charge in [-0.2, -0.15) is 5.10 Å². The van der Waals surface area contributed by atoms with E-state index in [1.54, 1.807) is 17.8 Å². The summed E-state index contributed by atoms with van der Waals surface area (Å²) < 4.78 is 13.4. The van der Waals surface area contributed by atoms with Crippen LogP contribution in [-0.4, -0.2) is 38.9 Å². The normalized spacial score (nSPS) is 23.9. The Morgan fingerprint density at radius 2 is 2.26 bits per heavy atom. The molecule has 2 aliphatic heterocycles. The number of benzene rings is 1. The van der Waals surface area contributed by atoms with Gasteiger partial charge in [0, 0.05) is 22.6 Å². The van der Waals surface area contributed by atoms with Crippen LogP contribution in [0.25, 0.3) is 0 Å². The van der Waals surface area contributed by atoms with Gasteiger partial charge in [0.15, 0.2) is 5.17 Å². The summed E-state index contributed by atoms with van der Waals surface area (Å²) in [7, 11) is 0. The van der Waals surface area contributed by atoms with E-state index in [2.05, 4.69) is 15.5 Å². The Bertz CT molecular complexity index is 736. The van der Waals surface area contributed by atoms with E-state index in [0.717, 1.165) is 22.4 Å². The third kappa shape index (κ3) is 3.73. The lowest BCUT2D eigenvalue weighted by Gasteiger charge is -2.16. The summed E-state index contributed by atoms with van der Waals surface area (Å²) >= 11 is 2.67. The number of carbonyl (C=O) groups excluding carboxylic acids is 1. The molecule has 1 unspecified atom stereocenters. The number of thioether (sulfide) groups is 2. The molecule has 0 bridgehead atoms. The van der Waals surface area contributed by atoms with E-state index in [1.165, 1.54) is 12.1 Å². The van der Waals surface area contributed by atoms with Gasteiger partial charge in [-0.05, 0) is 18.2 Å². The molecule has 0 radical (unpaired) electrons. The van der Waals surface area contributed by atoms with Gasteiger partial charge in [0.2, 0.25) is 5.91 Å². The monoisotopic (exact) mass is 353 g/mol. The van der Waals surface area contributed by atoms with Gasteiger partial charge in [0.05, 0.1) is 12.1 Å². The minimum absolute atomic E-state index is 0.267. The van der Waals surface area contributed by atoms with E-state index in [4.69, 9.17) is 5.11 Å². The van der Waals surface area contributed by atoms with Crippen LogP contribution in [0.2, 0.25) is 0 Å². The fourth-order valence-electron chi connectivity index (χ4n) is 2.20. The molecule has 1 fully saturated rings. The Hall–Kier alpha value is -1.87. The number of carboxylic acids is 1. The number of amides is 1. The van der Waals surface area contributed by atoms with Gasteiger partial charge >= 0.3 is 5.97 Å². The van der Waals surface area contributed by atoms with E-state index in [1.807, 2.05) is 0 Å². The maximum absolute atomic E-state index is 13.4. The number of carboxylic acid groups (broad SMARTS) is 1. The zero-order valence-corrected chi connectivity index (χ0v) is 13.4. The Kier molecular flexibility index (Phi) is 4.67. The lowest BCUT2D eigenvalue weighted by Crippen LogP contribution is -2.26. The van der Waals surface area contributed by atoms with Crippen molar-refractivity contribution >= 4 is 46.3 Å². The van der Waals surface area contributed by atoms with E-state index < -0.39 is 11.2 Å². The van der Waals surface area contributed by atoms with Crippen molar-refractivity contribution < 1.29 is 19.1 Å². The Morgan fingerprint density at radius 3 is 3.04 bits per heavy atom. The number of hydrogen-bond donors (Lipinski definition) is 2. The number of nitrogens with one attached hydrogen (secondary N) is 1. The largest absolute Gasteiger partial charge is 0.481 e. The Morgan fingerprint density at radius 1 is 1.43 bits per heavy atom. The predicted molar refractivity (Wildman–Crippen MR) is 87.5 cm³/mol. The first-order valence-corrected chi connectivity index (χ1v) is 8.66. The number of rotatable bonds is 3. The van der Waals surface area contributed by atoms with Crippen LogP contribution < -0.4 is 5.32 Å². The van der Waals surface area contributed by atoms with Gasteiger partial charge in [-0.25, -0.2) is 4.39 Å². The molecule has 2 heterocycles. The number of fused-ring (bicyclic) bond motifs is 1. The molecule has 1 atom stereocenters. The Balaban J connectivity index is 1.80. The minimum Gasteiger partial charge on any atom is -0.481 e. The number of amidine groups is 1. The van der Waals surface area contributed by atoms with Gasteiger partial charge < -0.3 is 10.4 Å². The van der Waals surface area contributed by atoms with Crippen molar-refractivity contribution in [2.45, 2.75) is 23.0 Å². The number of carbonyl (C=O) groups is 2. The summed E-state index contributed by atoms with van der Waals surface area (Å²) in [5.74, 6) is -0.943. The summed E-state index contributed by atoms with van der Waals surface area (Å²) in [6, 6.07) is 4.55. The minimum atomic E-state index is -1.04. The highest BCUT2D eigenvalue weighted by molar-refractivity contribution is 8.15. The number of hydrogen-bond acceptors (Lipinski definition) is 6. The van der Waals surface area contributed by atoms with Gasteiger partial charge in [-0.15, -0.1) is 16.9 Å². The second-order valence-electron chi connectivity index (χ2n) is 4.88. The van der Waals surface area contributed by atoms with Gasteiger partial charge in [-0.1, -0.05) is 11.8 Å². The van der Waals surface area contributed by atoms with E-state index >= 15 is 0 Å². The maximum Gasteiger partial charge on any atom is 0.305 e. The molecule has 0 aromatic heterocycles. The molecule has 1 aromatic rings. The number of nitrogens with zero attached hydrogens (tertiary/aromatic N) is 2. The molecule has 1 saturated heterocycles. The summed E-state index contributed by atoms with van der Waals surface area (Å²) in [5, 5.41) is 19.0. The molecule has 1 aromatic carbocycles. The van der Waals surface area contributed by atoms with E-state index in [-0.39, 0.29) is 23.3 Å².